The summed E-state index contributed by atoms with van der Waals surface area (Å²) in [5.41, 5.74) is 0. The van der Waals surface area contributed by atoms with Gasteiger partial charge in [0.2, 0.25) is 0 Å². The maximum atomic E-state index is 11.6. The van der Waals surface area contributed by atoms with Crippen LogP contribution < -0.4 is 0 Å². The molecule has 0 aromatic heterocycles. The van der Waals surface area contributed by atoms with Crippen molar-refractivity contribution in [3.8, 4) is 0 Å². The van der Waals surface area contributed by atoms with Crippen molar-refractivity contribution in [1.29, 1.82) is 0 Å². The summed E-state index contributed by atoms with van der Waals surface area (Å²) < 4.78 is 31.5. The minimum atomic E-state index is -1.39. The molecule has 166 valence electrons. The molecule has 1 aliphatic heterocycles. The van der Waals surface area contributed by atoms with Gasteiger partial charge in [-0.05, 0) is 0 Å². The molecule has 1 heterocycles. The number of ether oxygens (including phenoxy) is 6. The average Bonchev–Trinajstić information content (AvgIpc) is 2.60. The molecular formula is C17H26O12. The van der Waals surface area contributed by atoms with Gasteiger partial charge in [-0.1, -0.05) is 0 Å². The number of esters is 4. The second-order valence-corrected chi connectivity index (χ2v) is 6.24. The molecule has 0 aliphatic carbocycles. The van der Waals surface area contributed by atoms with Crippen LogP contribution in [0.25, 0.3) is 0 Å². The molecule has 12 nitrogen and oxygen atoms in total. The van der Waals surface area contributed by atoms with Crippen LogP contribution in [0.1, 0.15) is 27.7 Å². The lowest BCUT2D eigenvalue weighted by molar-refractivity contribution is -0.311. The summed E-state index contributed by atoms with van der Waals surface area (Å²) in [6, 6.07) is 0. The Hall–Kier alpha value is -2.28. The van der Waals surface area contributed by atoms with Crippen LogP contribution in [-0.4, -0.2) is 90.7 Å². The third kappa shape index (κ3) is 8.31. The fraction of sp³-hybridized carbons (Fsp3) is 0.765. The molecule has 0 aromatic rings. The highest BCUT2D eigenvalue weighted by atomic mass is 16.7. The summed E-state index contributed by atoms with van der Waals surface area (Å²) in [7, 11) is 0. The van der Waals surface area contributed by atoms with Gasteiger partial charge in [-0.25, -0.2) is 0 Å². The van der Waals surface area contributed by atoms with Crippen molar-refractivity contribution in [3.63, 3.8) is 0 Å². The number of aliphatic hydroxyl groups is 2. The number of carbonyl (C=O) groups is 4. The van der Waals surface area contributed by atoms with E-state index < -0.39 is 73.9 Å². The van der Waals surface area contributed by atoms with E-state index in [0.29, 0.717) is 0 Å². The fourth-order valence-electron chi connectivity index (χ4n) is 2.58. The van der Waals surface area contributed by atoms with Crippen LogP contribution in [0.2, 0.25) is 0 Å². The maximum Gasteiger partial charge on any atom is 0.303 e. The summed E-state index contributed by atoms with van der Waals surface area (Å²) in [5, 5.41) is 18.5. The van der Waals surface area contributed by atoms with E-state index in [1.807, 2.05) is 0 Å². The number of hydrogen-bond acceptors (Lipinski definition) is 12. The van der Waals surface area contributed by atoms with E-state index in [2.05, 4.69) is 0 Å². The van der Waals surface area contributed by atoms with Gasteiger partial charge >= 0.3 is 23.9 Å². The molecule has 0 aromatic carbocycles. The van der Waals surface area contributed by atoms with Crippen LogP contribution in [0.5, 0.6) is 0 Å². The van der Waals surface area contributed by atoms with E-state index in [1.54, 1.807) is 0 Å². The summed E-state index contributed by atoms with van der Waals surface area (Å²) in [6.07, 6.45) is -7.82. The quantitative estimate of drug-likeness (QED) is 0.325. The lowest BCUT2D eigenvalue weighted by Crippen LogP contribution is -2.63. The predicted octanol–water partition coefficient (Wildman–Crippen LogP) is -1.56. The van der Waals surface area contributed by atoms with E-state index >= 15 is 0 Å². The van der Waals surface area contributed by atoms with Crippen LogP contribution in [-0.2, 0) is 47.6 Å². The summed E-state index contributed by atoms with van der Waals surface area (Å²) in [4.78, 5) is 45.9. The van der Waals surface area contributed by atoms with Gasteiger partial charge in [0.1, 0.15) is 18.8 Å². The first-order valence-electron chi connectivity index (χ1n) is 8.76. The van der Waals surface area contributed by atoms with Crippen molar-refractivity contribution >= 4 is 23.9 Å². The van der Waals surface area contributed by atoms with Crippen molar-refractivity contribution in [2.45, 2.75) is 64.5 Å². The normalized spacial score (nSPS) is 27.4. The van der Waals surface area contributed by atoms with E-state index in [4.69, 9.17) is 33.5 Å². The average molecular weight is 422 g/mol. The number of rotatable bonds is 9. The summed E-state index contributed by atoms with van der Waals surface area (Å²) in [5.74, 6) is -2.94. The van der Waals surface area contributed by atoms with Crippen molar-refractivity contribution in [2.24, 2.45) is 0 Å². The topological polar surface area (TPSA) is 164 Å². The SMILES string of the molecule is CC(=O)OC[C@H]1O[C@@H](OCC(O)CO)[C@H](OC(C)=O)[C@@H](OC(C)=O)[C@H]1OC(C)=O. The molecule has 29 heavy (non-hydrogen) atoms. The Morgan fingerprint density at radius 2 is 1.38 bits per heavy atom. The summed E-state index contributed by atoms with van der Waals surface area (Å²) >= 11 is 0. The molecule has 6 atom stereocenters. The third-order valence-corrected chi connectivity index (χ3v) is 3.61. The fourth-order valence-corrected chi connectivity index (χ4v) is 2.58. The Bertz CT molecular complexity index is 591. The highest BCUT2D eigenvalue weighted by Crippen LogP contribution is 2.30. The Balaban J connectivity index is 3.24. The Morgan fingerprint density at radius 1 is 0.862 bits per heavy atom. The molecule has 0 saturated carbocycles. The zero-order valence-corrected chi connectivity index (χ0v) is 16.6. The first-order chi connectivity index (χ1) is 13.5. The van der Waals surface area contributed by atoms with E-state index in [1.165, 1.54) is 0 Å². The molecule has 1 fully saturated rings. The standard InChI is InChI=1S/C17H26O12/c1-8(19)24-7-13-14(26-9(2)20)15(27-10(3)21)16(28-11(4)22)17(29-13)25-6-12(23)5-18/h12-18,23H,5-7H2,1-4H3/t12?,13-,14+,15+,16-,17-/m1/s1. The highest BCUT2D eigenvalue weighted by molar-refractivity contribution is 5.68. The largest absolute Gasteiger partial charge is 0.463 e. The first kappa shape index (κ1) is 24.8. The van der Waals surface area contributed by atoms with Gasteiger partial charge in [-0.3, -0.25) is 19.2 Å². The zero-order valence-electron chi connectivity index (χ0n) is 16.6. The van der Waals surface area contributed by atoms with Crippen LogP contribution >= 0.6 is 0 Å². The molecule has 12 heteroatoms. The Labute approximate surface area is 166 Å². The van der Waals surface area contributed by atoms with E-state index in [0.717, 1.165) is 27.7 Å². The highest BCUT2D eigenvalue weighted by Gasteiger charge is 2.52. The maximum absolute atomic E-state index is 11.6. The van der Waals surface area contributed by atoms with Crippen molar-refractivity contribution < 1.29 is 57.8 Å². The molecule has 1 aliphatic rings. The molecule has 1 rings (SSSR count). The monoisotopic (exact) mass is 422 g/mol. The summed E-state index contributed by atoms with van der Waals surface area (Å²) in [6.45, 7) is 3.04. The smallest absolute Gasteiger partial charge is 0.303 e. The van der Waals surface area contributed by atoms with Gasteiger partial charge < -0.3 is 38.6 Å². The van der Waals surface area contributed by atoms with Crippen LogP contribution in [0.15, 0.2) is 0 Å². The van der Waals surface area contributed by atoms with Crippen LogP contribution in [0.4, 0.5) is 0 Å². The van der Waals surface area contributed by atoms with Crippen molar-refractivity contribution in [3.05, 3.63) is 0 Å². The zero-order chi connectivity index (χ0) is 22.1. The van der Waals surface area contributed by atoms with Gasteiger partial charge in [0, 0.05) is 27.7 Å². The molecule has 0 amide bonds. The molecule has 2 N–H and O–H groups in total. The molecular weight excluding hydrogens is 396 g/mol. The van der Waals surface area contributed by atoms with Crippen LogP contribution in [0.3, 0.4) is 0 Å². The van der Waals surface area contributed by atoms with Gasteiger partial charge in [-0.15, -0.1) is 0 Å². The molecule has 0 bridgehead atoms. The van der Waals surface area contributed by atoms with Crippen molar-refractivity contribution in [1.82, 2.24) is 0 Å². The lowest BCUT2D eigenvalue weighted by atomic mass is 9.98. The molecule has 0 radical (unpaired) electrons. The lowest BCUT2D eigenvalue weighted by Gasteiger charge is -2.44. The first-order valence-corrected chi connectivity index (χ1v) is 8.76. The molecule has 1 unspecified atom stereocenters. The Kier molecular flexibility index (Phi) is 9.95. The van der Waals surface area contributed by atoms with Gasteiger partial charge in [0.25, 0.3) is 0 Å². The van der Waals surface area contributed by atoms with Gasteiger partial charge in [-0.2, -0.15) is 0 Å². The van der Waals surface area contributed by atoms with Crippen molar-refractivity contribution in [2.75, 3.05) is 19.8 Å². The van der Waals surface area contributed by atoms with E-state index in [9.17, 15) is 24.3 Å². The number of carbonyl (C=O) groups excluding carboxylic acids is 4. The number of hydrogen-bond donors (Lipinski definition) is 2. The molecule has 0 spiro atoms. The number of aliphatic hydroxyl groups excluding tert-OH is 2. The second-order valence-electron chi connectivity index (χ2n) is 6.24. The molecule has 1 saturated heterocycles. The third-order valence-electron chi connectivity index (χ3n) is 3.61. The van der Waals surface area contributed by atoms with E-state index in [-0.39, 0.29) is 6.61 Å². The predicted molar refractivity (Wildman–Crippen MR) is 91.0 cm³/mol. The van der Waals surface area contributed by atoms with Gasteiger partial charge in [0.15, 0.2) is 24.6 Å². The van der Waals surface area contributed by atoms with Crippen LogP contribution in [0, 0.1) is 0 Å². The second kappa shape index (κ2) is 11.7. The minimum Gasteiger partial charge on any atom is -0.463 e. The Morgan fingerprint density at radius 3 is 1.86 bits per heavy atom. The van der Waals surface area contributed by atoms with Gasteiger partial charge in [0.05, 0.1) is 13.2 Å². The minimum absolute atomic E-state index is 0.389.